The highest BCUT2D eigenvalue weighted by Gasteiger charge is 2.30. The highest BCUT2D eigenvalue weighted by atomic mass is 16.2. The minimum atomic E-state index is -0.956. The van der Waals surface area contributed by atoms with Crippen LogP contribution in [-0.2, 0) is 25.6 Å². The predicted molar refractivity (Wildman–Crippen MR) is 140 cm³/mol. The van der Waals surface area contributed by atoms with E-state index >= 15 is 0 Å². The molecule has 1 aromatic heterocycles. The molecule has 0 fully saturated rings. The number of H-pyrrole nitrogens is 1. The van der Waals surface area contributed by atoms with Gasteiger partial charge in [-0.15, -0.1) is 0 Å². The van der Waals surface area contributed by atoms with Crippen LogP contribution in [0.5, 0.6) is 0 Å². The molecule has 2 aromatic rings. The SMILES string of the molecule is CCCC[C@H](NC(=O)[C@H](Cc1c[nH]c2ccccc12)NC(=O)[C@@H](C)N)C(=O)N[C@@H](CC(C)C)C(N)=O. The molecule has 0 saturated heterocycles. The van der Waals surface area contributed by atoms with Crippen molar-refractivity contribution in [1.82, 2.24) is 20.9 Å². The van der Waals surface area contributed by atoms with Gasteiger partial charge in [0, 0.05) is 23.5 Å². The van der Waals surface area contributed by atoms with Gasteiger partial charge in [0.2, 0.25) is 23.6 Å². The van der Waals surface area contributed by atoms with Crippen LogP contribution in [-0.4, -0.2) is 52.8 Å². The molecule has 0 unspecified atom stereocenters. The Bertz CT molecular complexity index is 1050. The van der Waals surface area contributed by atoms with E-state index in [1.165, 1.54) is 6.92 Å². The second-order valence-corrected chi connectivity index (χ2v) is 9.71. The molecule has 4 amide bonds. The average molecular weight is 501 g/mol. The first kappa shape index (κ1) is 28.8. The highest BCUT2D eigenvalue weighted by Crippen LogP contribution is 2.19. The number of hydrogen-bond donors (Lipinski definition) is 6. The maximum Gasteiger partial charge on any atom is 0.243 e. The second kappa shape index (κ2) is 13.6. The summed E-state index contributed by atoms with van der Waals surface area (Å²) in [6.45, 7) is 7.36. The molecule has 2 rings (SSSR count). The molecule has 10 heteroatoms. The van der Waals surface area contributed by atoms with Crippen molar-refractivity contribution in [2.45, 2.75) is 84.0 Å². The third-order valence-electron chi connectivity index (χ3n) is 5.99. The molecule has 1 heterocycles. The Hall–Kier alpha value is -3.40. The van der Waals surface area contributed by atoms with Gasteiger partial charge in [-0.1, -0.05) is 51.8 Å². The fourth-order valence-electron chi connectivity index (χ4n) is 3.97. The quantitative estimate of drug-likeness (QED) is 0.229. The van der Waals surface area contributed by atoms with Crippen molar-refractivity contribution < 1.29 is 19.2 Å². The Balaban J connectivity index is 2.25. The van der Waals surface area contributed by atoms with E-state index in [0.29, 0.717) is 19.3 Å². The number of carbonyl (C=O) groups excluding carboxylic acids is 4. The molecular weight excluding hydrogens is 460 g/mol. The fraction of sp³-hybridized carbons (Fsp3) is 0.538. The van der Waals surface area contributed by atoms with Crippen molar-refractivity contribution in [3.05, 3.63) is 36.0 Å². The Labute approximate surface area is 212 Å². The van der Waals surface area contributed by atoms with E-state index < -0.39 is 47.8 Å². The summed E-state index contributed by atoms with van der Waals surface area (Å²) in [6.07, 6.45) is 4.26. The van der Waals surface area contributed by atoms with Crippen LogP contribution in [0.4, 0.5) is 0 Å². The van der Waals surface area contributed by atoms with Crippen LogP contribution in [0.2, 0.25) is 0 Å². The van der Waals surface area contributed by atoms with Crippen LogP contribution < -0.4 is 27.4 Å². The first-order chi connectivity index (χ1) is 17.0. The molecule has 4 atom stereocenters. The molecule has 0 saturated carbocycles. The molecule has 0 aliphatic carbocycles. The van der Waals surface area contributed by atoms with E-state index in [1.807, 2.05) is 45.0 Å². The van der Waals surface area contributed by atoms with Gasteiger partial charge >= 0.3 is 0 Å². The molecular formula is C26H40N6O4. The zero-order chi connectivity index (χ0) is 26.8. The van der Waals surface area contributed by atoms with E-state index in [-0.39, 0.29) is 12.3 Å². The number of hydrogen-bond acceptors (Lipinski definition) is 5. The van der Waals surface area contributed by atoms with E-state index in [0.717, 1.165) is 22.9 Å². The van der Waals surface area contributed by atoms with Crippen LogP contribution in [0.3, 0.4) is 0 Å². The van der Waals surface area contributed by atoms with E-state index in [2.05, 4.69) is 20.9 Å². The molecule has 36 heavy (non-hydrogen) atoms. The van der Waals surface area contributed by atoms with Gasteiger partial charge in [-0.25, -0.2) is 0 Å². The van der Waals surface area contributed by atoms with E-state index in [1.54, 1.807) is 6.20 Å². The van der Waals surface area contributed by atoms with Crippen molar-refractivity contribution in [2.75, 3.05) is 0 Å². The zero-order valence-corrected chi connectivity index (χ0v) is 21.6. The number of amides is 4. The van der Waals surface area contributed by atoms with Crippen molar-refractivity contribution in [2.24, 2.45) is 17.4 Å². The first-order valence-electron chi connectivity index (χ1n) is 12.5. The number of carbonyl (C=O) groups is 4. The molecule has 0 bridgehead atoms. The van der Waals surface area contributed by atoms with E-state index in [4.69, 9.17) is 11.5 Å². The third-order valence-corrected chi connectivity index (χ3v) is 5.99. The molecule has 0 aliphatic heterocycles. The summed E-state index contributed by atoms with van der Waals surface area (Å²) in [5, 5.41) is 9.12. The average Bonchev–Trinajstić information content (AvgIpc) is 3.22. The topological polar surface area (TPSA) is 172 Å². The zero-order valence-electron chi connectivity index (χ0n) is 21.6. The Morgan fingerprint density at radius 1 is 0.917 bits per heavy atom. The summed E-state index contributed by atoms with van der Waals surface area (Å²) in [6, 6.07) is 4.16. The lowest BCUT2D eigenvalue weighted by Gasteiger charge is -2.25. The number of aromatic nitrogens is 1. The number of nitrogens with two attached hydrogens (primary N) is 2. The largest absolute Gasteiger partial charge is 0.368 e. The van der Waals surface area contributed by atoms with Crippen molar-refractivity contribution in [3.8, 4) is 0 Å². The number of benzene rings is 1. The van der Waals surface area contributed by atoms with Crippen LogP contribution in [0.25, 0.3) is 10.9 Å². The van der Waals surface area contributed by atoms with Crippen LogP contribution in [0, 0.1) is 5.92 Å². The molecule has 8 N–H and O–H groups in total. The lowest BCUT2D eigenvalue weighted by Crippen LogP contribution is -2.57. The number of nitrogens with one attached hydrogen (secondary N) is 4. The fourth-order valence-corrected chi connectivity index (χ4v) is 3.97. The normalized spacial score (nSPS) is 14.6. The Kier molecular flexibility index (Phi) is 10.9. The standard InChI is InChI=1S/C26H40N6O4/c1-5-6-10-20(25(35)31-21(23(28)33)12-15(2)3)30-26(36)22(32-24(34)16(4)27)13-17-14-29-19-11-8-7-9-18(17)19/h7-9,11,14-16,20-22,29H,5-6,10,12-13,27H2,1-4H3,(H2,28,33)(H,30,36)(H,31,35)(H,32,34)/t16-,20+,21+,22+/m1/s1. The number of unbranched alkanes of at least 4 members (excludes halogenated alkanes) is 1. The summed E-state index contributed by atoms with van der Waals surface area (Å²) in [5.74, 6) is -1.95. The van der Waals surface area contributed by atoms with Gasteiger partial charge in [0.15, 0.2) is 0 Å². The summed E-state index contributed by atoms with van der Waals surface area (Å²) < 4.78 is 0. The van der Waals surface area contributed by atoms with Gasteiger partial charge in [-0.3, -0.25) is 19.2 Å². The molecule has 10 nitrogen and oxygen atoms in total. The Morgan fingerprint density at radius 2 is 1.53 bits per heavy atom. The number of aromatic amines is 1. The smallest absolute Gasteiger partial charge is 0.243 e. The lowest BCUT2D eigenvalue weighted by molar-refractivity contribution is -0.133. The van der Waals surface area contributed by atoms with Crippen molar-refractivity contribution in [3.63, 3.8) is 0 Å². The van der Waals surface area contributed by atoms with Gasteiger partial charge in [0.25, 0.3) is 0 Å². The predicted octanol–water partition coefficient (Wildman–Crippen LogP) is 1.23. The van der Waals surface area contributed by atoms with Crippen molar-refractivity contribution in [1.29, 1.82) is 0 Å². The number of rotatable bonds is 14. The highest BCUT2D eigenvalue weighted by molar-refractivity contribution is 5.95. The monoisotopic (exact) mass is 500 g/mol. The Morgan fingerprint density at radius 3 is 2.14 bits per heavy atom. The summed E-state index contributed by atoms with van der Waals surface area (Å²) in [5.41, 5.74) is 13.0. The van der Waals surface area contributed by atoms with Gasteiger partial charge in [-0.05, 0) is 37.3 Å². The molecule has 198 valence electrons. The van der Waals surface area contributed by atoms with E-state index in [9.17, 15) is 19.2 Å². The minimum Gasteiger partial charge on any atom is -0.368 e. The van der Waals surface area contributed by atoms with Crippen molar-refractivity contribution >= 4 is 34.5 Å². The molecule has 0 aliphatic rings. The number of primary amides is 1. The minimum absolute atomic E-state index is 0.139. The maximum absolute atomic E-state index is 13.4. The second-order valence-electron chi connectivity index (χ2n) is 9.71. The molecule has 0 radical (unpaired) electrons. The van der Waals surface area contributed by atoms with Crippen LogP contribution >= 0.6 is 0 Å². The van der Waals surface area contributed by atoms with Gasteiger partial charge in [-0.2, -0.15) is 0 Å². The molecule has 1 aromatic carbocycles. The number of para-hydroxylation sites is 1. The lowest BCUT2D eigenvalue weighted by atomic mass is 10.0. The van der Waals surface area contributed by atoms with Gasteiger partial charge in [0.1, 0.15) is 18.1 Å². The number of fused-ring (bicyclic) bond motifs is 1. The maximum atomic E-state index is 13.4. The van der Waals surface area contributed by atoms with Gasteiger partial charge < -0.3 is 32.4 Å². The van der Waals surface area contributed by atoms with Crippen LogP contribution in [0.1, 0.15) is 58.9 Å². The summed E-state index contributed by atoms with van der Waals surface area (Å²) in [7, 11) is 0. The first-order valence-corrected chi connectivity index (χ1v) is 12.5. The van der Waals surface area contributed by atoms with Gasteiger partial charge in [0.05, 0.1) is 6.04 Å². The molecule has 0 spiro atoms. The summed E-state index contributed by atoms with van der Waals surface area (Å²) in [4.78, 5) is 53.9. The third kappa shape index (κ3) is 8.37. The van der Waals surface area contributed by atoms with Crippen LogP contribution in [0.15, 0.2) is 30.5 Å². The summed E-state index contributed by atoms with van der Waals surface area (Å²) >= 11 is 0.